The molecule has 3 rings (SSSR count). The third kappa shape index (κ3) is 1.62. The van der Waals surface area contributed by atoms with Crippen LogP contribution in [0.3, 0.4) is 0 Å². The minimum absolute atomic E-state index is 0.00815. The fourth-order valence-electron chi connectivity index (χ4n) is 2.34. The Morgan fingerprint density at radius 1 is 1.27 bits per heavy atom. The summed E-state index contributed by atoms with van der Waals surface area (Å²) < 4.78 is 0. The van der Waals surface area contributed by atoms with Gasteiger partial charge in [0.15, 0.2) is 0 Å². The van der Waals surface area contributed by atoms with E-state index in [1.54, 1.807) is 0 Å². The zero-order chi connectivity index (χ0) is 10.5. The van der Waals surface area contributed by atoms with Crippen molar-refractivity contribution in [2.24, 2.45) is 17.3 Å². The van der Waals surface area contributed by atoms with Gasteiger partial charge in [-0.15, -0.1) is 0 Å². The molecule has 3 saturated carbocycles. The highest BCUT2D eigenvalue weighted by Gasteiger charge is 2.53. The molecule has 3 aliphatic carbocycles. The minimum Gasteiger partial charge on any atom is -0.351 e. The molecule has 0 atom stereocenters. The topological polar surface area (TPSA) is 52.9 Å². The lowest BCUT2D eigenvalue weighted by molar-refractivity contribution is -0.125. The van der Waals surface area contributed by atoms with Crippen LogP contribution in [0.15, 0.2) is 0 Å². The summed E-state index contributed by atoms with van der Waals surface area (Å²) in [4.78, 5) is 11.9. The van der Waals surface area contributed by atoms with Crippen LogP contribution >= 0.6 is 0 Å². The fraction of sp³-hybridized carbons (Fsp3) is 0.833. The number of nitrogens with one attached hydrogen (secondary N) is 1. The molecule has 0 aromatic carbocycles. The lowest BCUT2D eigenvalue weighted by Crippen LogP contribution is -2.42. The maximum atomic E-state index is 11.9. The average Bonchev–Trinajstić information content (AvgIpc) is 3.16. The van der Waals surface area contributed by atoms with Crippen molar-refractivity contribution in [2.75, 3.05) is 0 Å². The predicted octanol–water partition coefficient (Wildman–Crippen LogP) is 1.59. The number of hydrogen-bond acceptors (Lipinski definition) is 2. The molecule has 3 nitrogen and oxygen atoms in total. The van der Waals surface area contributed by atoms with Crippen molar-refractivity contribution in [2.45, 2.75) is 44.6 Å². The molecule has 80 valence electrons. The van der Waals surface area contributed by atoms with Crippen LogP contribution in [0.25, 0.3) is 0 Å². The van der Waals surface area contributed by atoms with Gasteiger partial charge in [0.25, 0.3) is 0 Å². The maximum Gasteiger partial charge on any atom is 0.240 e. The summed E-state index contributed by atoms with van der Waals surface area (Å²) >= 11 is 0. The monoisotopic (exact) mass is 204 g/mol. The van der Waals surface area contributed by atoms with Crippen LogP contribution in [0.1, 0.15) is 38.5 Å². The molecular weight excluding hydrogens is 188 g/mol. The Labute approximate surface area is 89.8 Å². The van der Waals surface area contributed by atoms with Crippen molar-refractivity contribution in [1.82, 2.24) is 5.32 Å². The number of amides is 1. The smallest absolute Gasteiger partial charge is 0.240 e. The quantitative estimate of drug-likeness (QED) is 0.756. The summed E-state index contributed by atoms with van der Waals surface area (Å²) in [6.45, 7) is 0. The van der Waals surface area contributed by atoms with E-state index in [0.717, 1.165) is 24.7 Å². The van der Waals surface area contributed by atoms with Gasteiger partial charge in [0.05, 0.1) is 6.07 Å². The van der Waals surface area contributed by atoms with E-state index in [-0.39, 0.29) is 5.91 Å². The summed E-state index contributed by atoms with van der Waals surface area (Å²) in [5.74, 6) is 1.45. The summed E-state index contributed by atoms with van der Waals surface area (Å²) in [6.07, 6.45) is 6.58. The van der Waals surface area contributed by atoms with Crippen LogP contribution < -0.4 is 5.32 Å². The first-order chi connectivity index (χ1) is 7.25. The molecule has 0 unspecified atom stereocenters. The van der Waals surface area contributed by atoms with Crippen molar-refractivity contribution >= 4 is 5.91 Å². The Hall–Kier alpha value is -1.04. The van der Waals surface area contributed by atoms with Gasteiger partial charge in [0, 0.05) is 6.04 Å². The molecule has 0 bridgehead atoms. The van der Waals surface area contributed by atoms with Crippen LogP contribution in [-0.4, -0.2) is 11.9 Å². The largest absolute Gasteiger partial charge is 0.351 e. The van der Waals surface area contributed by atoms with Gasteiger partial charge in [-0.2, -0.15) is 5.26 Å². The van der Waals surface area contributed by atoms with Crippen molar-refractivity contribution in [1.29, 1.82) is 5.26 Å². The number of nitriles is 1. The molecule has 0 spiro atoms. The molecule has 0 aromatic rings. The zero-order valence-electron chi connectivity index (χ0n) is 8.83. The SMILES string of the molecule is N#CC1(C(=O)NC(C2CC2)C2CC2)CC1. The standard InChI is InChI=1S/C12H16N2O/c13-7-12(5-6-12)11(15)14-10(8-1-2-8)9-3-4-9/h8-10H,1-6H2,(H,14,15). The van der Waals surface area contributed by atoms with E-state index in [1.807, 2.05) is 0 Å². The van der Waals surface area contributed by atoms with E-state index in [2.05, 4.69) is 11.4 Å². The second-order valence-electron chi connectivity index (χ2n) is 5.37. The highest BCUT2D eigenvalue weighted by atomic mass is 16.2. The lowest BCUT2D eigenvalue weighted by Gasteiger charge is -2.19. The lowest BCUT2D eigenvalue weighted by atomic mass is 10.0. The summed E-state index contributed by atoms with van der Waals surface area (Å²) in [5.41, 5.74) is -0.637. The van der Waals surface area contributed by atoms with Gasteiger partial charge in [0.2, 0.25) is 5.91 Å². The highest BCUT2D eigenvalue weighted by molar-refractivity contribution is 5.88. The summed E-state index contributed by atoms with van der Waals surface area (Å²) in [5, 5.41) is 12.1. The molecule has 3 fully saturated rings. The third-order valence-corrected chi connectivity index (χ3v) is 3.96. The van der Waals surface area contributed by atoms with Gasteiger partial charge in [-0.05, 0) is 50.4 Å². The van der Waals surface area contributed by atoms with E-state index in [0.29, 0.717) is 6.04 Å². The first-order valence-electron chi connectivity index (χ1n) is 5.97. The van der Waals surface area contributed by atoms with Gasteiger partial charge in [0.1, 0.15) is 5.41 Å². The molecule has 1 amide bonds. The van der Waals surface area contributed by atoms with Gasteiger partial charge >= 0.3 is 0 Å². The van der Waals surface area contributed by atoms with Gasteiger partial charge in [-0.3, -0.25) is 4.79 Å². The minimum atomic E-state index is -0.637. The van der Waals surface area contributed by atoms with Crippen LogP contribution in [0.5, 0.6) is 0 Å². The van der Waals surface area contributed by atoms with Crippen molar-refractivity contribution in [3.05, 3.63) is 0 Å². The molecule has 0 saturated heterocycles. The maximum absolute atomic E-state index is 11.9. The molecule has 0 aliphatic heterocycles. The average molecular weight is 204 g/mol. The second-order valence-corrected chi connectivity index (χ2v) is 5.37. The number of rotatable bonds is 4. The number of hydrogen-bond donors (Lipinski definition) is 1. The second kappa shape index (κ2) is 2.98. The summed E-state index contributed by atoms with van der Waals surface area (Å²) in [7, 11) is 0. The van der Waals surface area contributed by atoms with E-state index >= 15 is 0 Å². The Morgan fingerprint density at radius 2 is 1.80 bits per heavy atom. The predicted molar refractivity (Wildman–Crippen MR) is 54.7 cm³/mol. The van der Waals surface area contributed by atoms with Crippen LogP contribution in [0.2, 0.25) is 0 Å². The molecule has 0 aromatic heterocycles. The van der Waals surface area contributed by atoms with Crippen LogP contribution in [-0.2, 0) is 4.79 Å². The summed E-state index contributed by atoms with van der Waals surface area (Å²) in [6, 6.07) is 2.56. The molecule has 15 heavy (non-hydrogen) atoms. The molecule has 0 radical (unpaired) electrons. The van der Waals surface area contributed by atoms with E-state index in [9.17, 15) is 4.79 Å². The molecule has 3 aliphatic rings. The Morgan fingerprint density at radius 3 is 2.13 bits per heavy atom. The first-order valence-corrected chi connectivity index (χ1v) is 5.97. The molecular formula is C12H16N2O. The Balaban J connectivity index is 1.63. The highest BCUT2D eigenvalue weighted by Crippen LogP contribution is 2.48. The fourth-order valence-corrected chi connectivity index (χ4v) is 2.34. The van der Waals surface area contributed by atoms with E-state index in [4.69, 9.17) is 5.26 Å². The van der Waals surface area contributed by atoms with E-state index < -0.39 is 5.41 Å². The first kappa shape index (κ1) is 9.21. The number of carbonyl (C=O) groups excluding carboxylic acids is 1. The van der Waals surface area contributed by atoms with E-state index in [1.165, 1.54) is 25.7 Å². The molecule has 1 N–H and O–H groups in total. The van der Waals surface area contributed by atoms with Crippen molar-refractivity contribution < 1.29 is 4.79 Å². The molecule has 0 heterocycles. The Kier molecular flexibility index (Phi) is 1.83. The molecule has 3 heteroatoms. The number of nitrogens with zero attached hydrogens (tertiary/aromatic N) is 1. The van der Waals surface area contributed by atoms with Crippen LogP contribution in [0.4, 0.5) is 0 Å². The van der Waals surface area contributed by atoms with Crippen molar-refractivity contribution in [3.8, 4) is 6.07 Å². The van der Waals surface area contributed by atoms with Crippen molar-refractivity contribution in [3.63, 3.8) is 0 Å². The van der Waals surface area contributed by atoms with Gasteiger partial charge in [-0.1, -0.05) is 0 Å². The van der Waals surface area contributed by atoms with Gasteiger partial charge in [-0.25, -0.2) is 0 Å². The number of carbonyl (C=O) groups is 1. The van der Waals surface area contributed by atoms with Crippen LogP contribution in [0, 0.1) is 28.6 Å². The van der Waals surface area contributed by atoms with Gasteiger partial charge < -0.3 is 5.32 Å². The zero-order valence-corrected chi connectivity index (χ0v) is 8.83. The normalized spacial score (nSPS) is 27.2. The Bertz CT molecular complexity index is 320. The third-order valence-electron chi connectivity index (χ3n) is 3.96.